The lowest BCUT2D eigenvalue weighted by molar-refractivity contribution is 0.688. The third kappa shape index (κ3) is 2.35. The van der Waals surface area contributed by atoms with Crippen molar-refractivity contribution in [3.63, 3.8) is 0 Å². The average Bonchev–Trinajstić information content (AvgIpc) is 3.25. The Bertz CT molecular complexity index is 1040. The molecule has 1 aliphatic rings. The fourth-order valence-corrected chi connectivity index (χ4v) is 2.90. The second kappa shape index (κ2) is 5.24. The van der Waals surface area contributed by atoms with Crippen LogP contribution in [0.3, 0.4) is 0 Å². The van der Waals surface area contributed by atoms with Crippen molar-refractivity contribution in [1.82, 2.24) is 9.66 Å². The maximum atomic E-state index is 12.8. The smallest absolute Gasteiger partial charge is 0.280 e. The first-order valence-electron chi connectivity index (χ1n) is 7.93. The summed E-state index contributed by atoms with van der Waals surface area (Å²) in [5.41, 5.74) is 1.33. The van der Waals surface area contributed by atoms with Gasteiger partial charge in [0.05, 0.1) is 17.4 Å². The van der Waals surface area contributed by atoms with Crippen molar-refractivity contribution in [3.05, 3.63) is 76.3 Å². The highest BCUT2D eigenvalue weighted by molar-refractivity contribution is 5.77. The van der Waals surface area contributed by atoms with Gasteiger partial charge in [-0.15, -0.1) is 0 Å². The van der Waals surface area contributed by atoms with E-state index in [2.05, 4.69) is 16.8 Å². The third-order valence-corrected chi connectivity index (χ3v) is 4.33. The van der Waals surface area contributed by atoms with Crippen molar-refractivity contribution >= 4 is 10.9 Å². The highest BCUT2D eigenvalue weighted by Crippen LogP contribution is 2.29. The molecule has 3 aromatic rings. The van der Waals surface area contributed by atoms with E-state index in [1.807, 2.05) is 73.5 Å². The van der Waals surface area contributed by atoms with Gasteiger partial charge in [-0.3, -0.25) is 9.80 Å². The summed E-state index contributed by atoms with van der Waals surface area (Å²) in [7, 11) is 0. The summed E-state index contributed by atoms with van der Waals surface area (Å²) < 4.78 is 1.65. The summed E-state index contributed by atoms with van der Waals surface area (Å²) in [6.45, 7) is 4.62. The van der Waals surface area contributed by atoms with Crippen molar-refractivity contribution < 1.29 is 0 Å². The molecular formula is C20H17N3O. The molecule has 0 amide bonds. The van der Waals surface area contributed by atoms with E-state index < -0.39 is 0 Å². The SMILES string of the molecule is Cc1nc2ccccc2c(=O)n1N1CC1(C)C#Cc1ccccc1. The number of hydrogen-bond acceptors (Lipinski definition) is 3. The molecule has 0 saturated carbocycles. The van der Waals surface area contributed by atoms with Crippen LogP contribution in [0.1, 0.15) is 18.3 Å². The third-order valence-electron chi connectivity index (χ3n) is 4.33. The Kier molecular flexibility index (Phi) is 3.17. The summed E-state index contributed by atoms with van der Waals surface area (Å²) in [6.07, 6.45) is 0. The molecule has 24 heavy (non-hydrogen) atoms. The molecule has 0 radical (unpaired) electrons. The molecule has 1 aromatic heterocycles. The van der Waals surface area contributed by atoms with Gasteiger partial charge in [-0.2, -0.15) is 0 Å². The van der Waals surface area contributed by atoms with Gasteiger partial charge in [0.15, 0.2) is 0 Å². The van der Waals surface area contributed by atoms with Gasteiger partial charge in [-0.1, -0.05) is 42.2 Å². The van der Waals surface area contributed by atoms with E-state index in [9.17, 15) is 4.79 Å². The van der Waals surface area contributed by atoms with Crippen LogP contribution in [0.4, 0.5) is 0 Å². The lowest BCUT2D eigenvalue weighted by Gasteiger charge is -2.14. The van der Waals surface area contributed by atoms with Crippen LogP contribution in [0.5, 0.6) is 0 Å². The second-order valence-corrected chi connectivity index (χ2v) is 6.24. The number of benzene rings is 2. The van der Waals surface area contributed by atoms with E-state index in [0.29, 0.717) is 17.8 Å². The number of fused-ring (bicyclic) bond motifs is 1. The summed E-state index contributed by atoms with van der Waals surface area (Å²) in [5, 5.41) is 2.61. The molecule has 118 valence electrons. The molecule has 1 aliphatic heterocycles. The largest absolute Gasteiger partial charge is 0.285 e. The number of nitrogens with zero attached hydrogens (tertiary/aromatic N) is 3. The van der Waals surface area contributed by atoms with Gasteiger partial charge in [0.2, 0.25) is 0 Å². The van der Waals surface area contributed by atoms with Gasteiger partial charge in [-0.25, -0.2) is 9.66 Å². The molecular weight excluding hydrogens is 298 g/mol. The maximum Gasteiger partial charge on any atom is 0.280 e. The molecule has 2 heterocycles. The van der Waals surface area contributed by atoms with Gasteiger partial charge >= 0.3 is 0 Å². The molecule has 1 saturated heterocycles. The van der Waals surface area contributed by atoms with Crippen molar-refractivity contribution in [2.75, 3.05) is 11.6 Å². The number of aryl methyl sites for hydroxylation is 1. The number of aromatic nitrogens is 2. The molecule has 0 bridgehead atoms. The van der Waals surface area contributed by atoms with E-state index in [1.54, 1.807) is 4.68 Å². The highest BCUT2D eigenvalue weighted by atomic mass is 16.1. The summed E-state index contributed by atoms with van der Waals surface area (Å²) in [5.74, 6) is 7.17. The van der Waals surface area contributed by atoms with E-state index in [4.69, 9.17) is 0 Å². The zero-order valence-electron chi connectivity index (χ0n) is 13.7. The number of hydrogen-bond donors (Lipinski definition) is 0. The first kappa shape index (κ1) is 14.5. The summed E-state index contributed by atoms with van der Waals surface area (Å²) >= 11 is 0. The fourth-order valence-electron chi connectivity index (χ4n) is 2.90. The predicted molar refractivity (Wildman–Crippen MR) is 95.5 cm³/mol. The molecule has 2 aromatic carbocycles. The Hall–Kier alpha value is -3.06. The molecule has 4 nitrogen and oxygen atoms in total. The van der Waals surface area contributed by atoms with Crippen molar-refractivity contribution in [2.24, 2.45) is 0 Å². The van der Waals surface area contributed by atoms with E-state index >= 15 is 0 Å². The van der Waals surface area contributed by atoms with Crippen molar-refractivity contribution in [3.8, 4) is 11.8 Å². The standard InChI is InChI=1S/C20H17N3O/c1-15-21-18-11-7-6-10-17(18)19(24)23(15)22-14-20(22,2)13-12-16-8-4-3-5-9-16/h3-11H,14H2,1-2H3. The van der Waals surface area contributed by atoms with Crippen LogP contribution in [0.2, 0.25) is 0 Å². The molecule has 4 heteroatoms. The molecule has 0 N–H and O–H groups in total. The normalized spacial score (nSPS) is 19.0. The lowest BCUT2D eigenvalue weighted by atomic mass is 10.1. The molecule has 1 atom stereocenters. The molecule has 1 fully saturated rings. The van der Waals surface area contributed by atoms with Gasteiger partial charge in [0.25, 0.3) is 5.56 Å². The fraction of sp³-hybridized carbons (Fsp3) is 0.200. The van der Waals surface area contributed by atoms with Crippen molar-refractivity contribution in [2.45, 2.75) is 19.4 Å². The molecule has 1 unspecified atom stereocenters. The average molecular weight is 315 g/mol. The van der Waals surface area contributed by atoms with Crippen LogP contribution in [0, 0.1) is 18.8 Å². The number of para-hydroxylation sites is 1. The van der Waals surface area contributed by atoms with Crippen LogP contribution >= 0.6 is 0 Å². The van der Waals surface area contributed by atoms with Crippen LogP contribution in [-0.4, -0.2) is 21.7 Å². The summed E-state index contributed by atoms with van der Waals surface area (Å²) in [6, 6.07) is 17.3. The van der Waals surface area contributed by atoms with Crippen LogP contribution < -0.4 is 10.6 Å². The van der Waals surface area contributed by atoms with Gasteiger partial charge in [0.1, 0.15) is 11.4 Å². The first-order chi connectivity index (χ1) is 11.6. The number of rotatable bonds is 1. The van der Waals surface area contributed by atoms with E-state index in [1.165, 1.54) is 0 Å². The Morgan fingerprint density at radius 3 is 2.58 bits per heavy atom. The van der Waals surface area contributed by atoms with Gasteiger partial charge in [-0.05, 0) is 38.1 Å². The Morgan fingerprint density at radius 2 is 1.79 bits per heavy atom. The molecule has 0 aliphatic carbocycles. The quantitative estimate of drug-likeness (QED) is 0.511. The first-order valence-corrected chi connectivity index (χ1v) is 7.93. The van der Waals surface area contributed by atoms with Gasteiger partial charge < -0.3 is 0 Å². The summed E-state index contributed by atoms with van der Waals surface area (Å²) in [4.78, 5) is 17.4. The van der Waals surface area contributed by atoms with Gasteiger partial charge in [0, 0.05) is 5.56 Å². The van der Waals surface area contributed by atoms with E-state index in [0.717, 1.165) is 11.1 Å². The lowest BCUT2D eigenvalue weighted by Crippen LogP contribution is -2.35. The van der Waals surface area contributed by atoms with Crippen molar-refractivity contribution in [1.29, 1.82) is 0 Å². The zero-order valence-corrected chi connectivity index (χ0v) is 13.7. The highest BCUT2D eigenvalue weighted by Gasteiger charge is 2.48. The Labute approximate surface area is 140 Å². The van der Waals surface area contributed by atoms with Crippen LogP contribution in [0.25, 0.3) is 10.9 Å². The van der Waals surface area contributed by atoms with Crippen LogP contribution in [-0.2, 0) is 0 Å². The Balaban J connectivity index is 1.73. The topological polar surface area (TPSA) is 37.9 Å². The minimum Gasteiger partial charge on any atom is -0.285 e. The maximum absolute atomic E-state index is 12.8. The predicted octanol–water partition coefficient (Wildman–Crippen LogP) is 2.47. The van der Waals surface area contributed by atoms with Crippen LogP contribution in [0.15, 0.2) is 59.4 Å². The zero-order chi connectivity index (χ0) is 16.7. The Morgan fingerprint density at radius 1 is 1.08 bits per heavy atom. The molecule has 0 spiro atoms. The minimum atomic E-state index is -0.339. The van der Waals surface area contributed by atoms with E-state index in [-0.39, 0.29) is 11.1 Å². The second-order valence-electron chi connectivity index (χ2n) is 6.24. The minimum absolute atomic E-state index is 0.0386. The monoisotopic (exact) mass is 315 g/mol. The molecule has 4 rings (SSSR count).